The Morgan fingerprint density at radius 1 is 1.54 bits per heavy atom. The number of hydrazine groups is 1. The van der Waals surface area contributed by atoms with Crippen LogP contribution in [0.5, 0.6) is 0 Å². The highest BCUT2D eigenvalue weighted by molar-refractivity contribution is 5.28. The SMILES string of the molecule is Cc1ccc2c(n1)CCC[C@H]2NN. The molecule has 0 fully saturated rings. The predicted molar refractivity (Wildman–Crippen MR) is 52.0 cm³/mol. The zero-order valence-corrected chi connectivity index (χ0v) is 7.88. The van der Waals surface area contributed by atoms with Crippen LogP contribution in [0.25, 0.3) is 0 Å². The highest BCUT2D eigenvalue weighted by atomic mass is 15.2. The van der Waals surface area contributed by atoms with Gasteiger partial charge in [-0.25, -0.2) is 0 Å². The topological polar surface area (TPSA) is 50.9 Å². The number of nitrogens with one attached hydrogen (secondary N) is 1. The highest BCUT2D eigenvalue weighted by Gasteiger charge is 2.19. The van der Waals surface area contributed by atoms with Gasteiger partial charge in [-0.3, -0.25) is 16.3 Å². The van der Waals surface area contributed by atoms with E-state index in [9.17, 15) is 0 Å². The van der Waals surface area contributed by atoms with Crippen molar-refractivity contribution in [3.05, 3.63) is 29.1 Å². The number of fused-ring (bicyclic) bond motifs is 1. The van der Waals surface area contributed by atoms with Crippen molar-refractivity contribution in [3.8, 4) is 0 Å². The maximum Gasteiger partial charge on any atom is 0.0478 e. The normalized spacial score (nSPS) is 21.2. The predicted octanol–water partition coefficient (Wildman–Crippen LogP) is 1.23. The summed E-state index contributed by atoms with van der Waals surface area (Å²) in [5.41, 5.74) is 6.43. The van der Waals surface area contributed by atoms with Crippen molar-refractivity contribution in [1.82, 2.24) is 10.4 Å². The van der Waals surface area contributed by atoms with E-state index in [1.165, 1.54) is 17.7 Å². The molecule has 0 saturated carbocycles. The molecule has 1 heterocycles. The Hall–Kier alpha value is -0.930. The molecule has 3 nitrogen and oxygen atoms in total. The number of hydrogen-bond acceptors (Lipinski definition) is 3. The maximum atomic E-state index is 5.48. The Labute approximate surface area is 78.3 Å². The average molecular weight is 177 g/mol. The first-order valence-corrected chi connectivity index (χ1v) is 4.74. The van der Waals surface area contributed by atoms with Gasteiger partial charge in [-0.2, -0.15) is 0 Å². The fourth-order valence-electron chi connectivity index (χ4n) is 1.94. The third kappa shape index (κ3) is 1.57. The molecule has 0 bridgehead atoms. The number of nitrogens with zero attached hydrogens (tertiary/aromatic N) is 1. The molecule has 0 aromatic carbocycles. The lowest BCUT2D eigenvalue weighted by molar-refractivity contribution is 0.465. The van der Waals surface area contributed by atoms with Gasteiger partial charge in [0.1, 0.15) is 0 Å². The molecule has 2 rings (SSSR count). The second-order valence-corrected chi connectivity index (χ2v) is 3.60. The Morgan fingerprint density at radius 3 is 3.15 bits per heavy atom. The average Bonchev–Trinajstić information content (AvgIpc) is 2.16. The first kappa shape index (κ1) is 8.66. The van der Waals surface area contributed by atoms with Gasteiger partial charge in [0.05, 0.1) is 0 Å². The smallest absolute Gasteiger partial charge is 0.0478 e. The molecule has 3 N–H and O–H groups in total. The lowest BCUT2D eigenvalue weighted by atomic mass is 9.91. The Balaban J connectivity index is 2.40. The van der Waals surface area contributed by atoms with Gasteiger partial charge < -0.3 is 0 Å². The molecule has 1 aromatic heterocycles. The number of aryl methyl sites for hydroxylation is 2. The van der Waals surface area contributed by atoms with Gasteiger partial charge in [0.2, 0.25) is 0 Å². The van der Waals surface area contributed by atoms with E-state index in [-0.39, 0.29) is 0 Å². The summed E-state index contributed by atoms with van der Waals surface area (Å²) < 4.78 is 0. The van der Waals surface area contributed by atoms with Crippen molar-refractivity contribution >= 4 is 0 Å². The zero-order chi connectivity index (χ0) is 9.26. The largest absolute Gasteiger partial charge is 0.271 e. The number of pyridine rings is 1. The molecular weight excluding hydrogens is 162 g/mol. The minimum atomic E-state index is 0.303. The summed E-state index contributed by atoms with van der Waals surface area (Å²) in [5, 5.41) is 0. The van der Waals surface area contributed by atoms with Crippen LogP contribution in [-0.2, 0) is 6.42 Å². The van der Waals surface area contributed by atoms with E-state index in [1.807, 2.05) is 6.92 Å². The summed E-state index contributed by atoms with van der Waals surface area (Å²) >= 11 is 0. The third-order valence-electron chi connectivity index (χ3n) is 2.63. The van der Waals surface area contributed by atoms with Crippen LogP contribution in [0.3, 0.4) is 0 Å². The van der Waals surface area contributed by atoms with Gasteiger partial charge in [-0.15, -0.1) is 0 Å². The van der Waals surface area contributed by atoms with E-state index >= 15 is 0 Å². The van der Waals surface area contributed by atoms with Gasteiger partial charge >= 0.3 is 0 Å². The molecule has 0 aliphatic heterocycles. The zero-order valence-electron chi connectivity index (χ0n) is 7.88. The third-order valence-corrected chi connectivity index (χ3v) is 2.63. The molecule has 1 aromatic rings. The fraction of sp³-hybridized carbons (Fsp3) is 0.500. The fourth-order valence-corrected chi connectivity index (χ4v) is 1.94. The molecule has 70 valence electrons. The minimum absolute atomic E-state index is 0.303. The summed E-state index contributed by atoms with van der Waals surface area (Å²) in [5.74, 6) is 5.48. The second kappa shape index (κ2) is 3.44. The first-order valence-electron chi connectivity index (χ1n) is 4.74. The Bertz CT molecular complexity index is 309. The summed E-state index contributed by atoms with van der Waals surface area (Å²) in [6, 6.07) is 4.49. The van der Waals surface area contributed by atoms with Crippen molar-refractivity contribution in [2.75, 3.05) is 0 Å². The van der Waals surface area contributed by atoms with Crippen molar-refractivity contribution < 1.29 is 0 Å². The summed E-state index contributed by atoms with van der Waals surface area (Å²) in [7, 11) is 0. The van der Waals surface area contributed by atoms with Gasteiger partial charge in [0.25, 0.3) is 0 Å². The van der Waals surface area contributed by atoms with E-state index in [4.69, 9.17) is 5.84 Å². The maximum absolute atomic E-state index is 5.48. The molecule has 13 heavy (non-hydrogen) atoms. The van der Waals surface area contributed by atoms with Crippen LogP contribution in [0.4, 0.5) is 0 Å². The lowest BCUT2D eigenvalue weighted by Crippen LogP contribution is -2.31. The molecule has 0 saturated heterocycles. The summed E-state index contributed by atoms with van der Waals surface area (Å²) in [6.07, 6.45) is 3.39. The minimum Gasteiger partial charge on any atom is -0.271 e. The molecule has 3 heteroatoms. The van der Waals surface area contributed by atoms with E-state index < -0.39 is 0 Å². The van der Waals surface area contributed by atoms with Crippen LogP contribution < -0.4 is 11.3 Å². The molecule has 1 aliphatic rings. The molecule has 0 amide bonds. The molecule has 0 radical (unpaired) electrons. The standard InChI is InChI=1S/C10H15N3/c1-7-5-6-8-9(12-7)3-2-4-10(8)13-11/h5-6,10,13H,2-4,11H2,1H3/t10-/m1/s1. The van der Waals surface area contributed by atoms with Crippen molar-refractivity contribution in [2.45, 2.75) is 32.2 Å². The molecular formula is C10H15N3. The van der Waals surface area contributed by atoms with E-state index in [1.54, 1.807) is 0 Å². The van der Waals surface area contributed by atoms with Crippen LogP contribution >= 0.6 is 0 Å². The second-order valence-electron chi connectivity index (χ2n) is 3.60. The van der Waals surface area contributed by atoms with Crippen LogP contribution in [0.1, 0.15) is 35.8 Å². The van der Waals surface area contributed by atoms with Crippen molar-refractivity contribution in [3.63, 3.8) is 0 Å². The number of aromatic nitrogens is 1. The van der Waals surface area contributed by atoms with E-state index in [2.05, 4.69) is 22.5 Å². The number of nitrogens with two attached hydrogens (primary N) is 1. The van der Waals surface area contributed by atoms with Gasteiger partial charge in [-0.1, -0.05) is 6.07 Å². The quantitative estimate of drug-likeness (QED) is 0.501. The number of hydrogen-bond donors (Lipinski definition) is 2. The van der Waals surface area contributed by atoms with Gasteiger partial charge in [0.15, 0.2) is 0 Å². The van der Waals surface area contributed by atoms with E-state index in [0.29, 0.717) is 6.04 Å². The molecule has 0 unspecified atom stereocenters. The summed E-state index contributed by atoms with van der Waals surface area (Å²) in [6.45, 7) is 2.03. The highest BCUT2D eigenvalue weighted by Crippen LogP contribution is 2.27. The van der Waals surface area contributed by atoms with Crippen LogP contribution in [0.2, 0.25) is 0 Å². The Morgan fingerprint density at radius 2 is 2.38 bits per heavy atom. The van der Waals surface area contributed by atoms with E-state index in [0.717, 1.165) is 18.5 Å². The lowest BCUT2D eigenvalue weighted by Gasteiger charge is -2.23. The van der Waals surface area contributed by atoms with Crippen LogP contribution in [0, 0.1) is 6.92 Å². The first-order chi connectivity index (χ1) is 6.31. The van der Waals surface area contributed by atoms with Gasteiger partial charge in [0, 0.05) is 17.4 Å². The molecule has 1 aliphatic carbocycles. The van der Waals surface area contributed by atoms with Crippen LogP contribution in [-0.4, -0.2) is 4.98 Å². The van der Waals surface area contributed by atoms with Crippen LogP contribution in [0.15, 0.2) is 12.1 Å². The van der Waals surface area contributed by atoms with Crippen molar-refractivity contribution in [1.29, 1.82) is 0 Å². The molecule has 1 atom stereocenters. The Kier molecular flexibility index (Phi) is 2.29. The van der Waals surface area contributed by atoms with Crippen molar-refractivity contribution in [2.24, 2.45) is 5.84 Å². The monoisotopic (exact) mass is 177 g/mol. The number of rotatable bonds is 1. The summed E-state index contributed by atoms with van der Waals surface area (Å²) in [4.78, 5) is 4.52. The van der Waals surface area contributed by atoms with Gasteiger partial charge in [-0.05, 0) is 37.8 Å². The molecule has 0 spiro atoms.